The number of nitrogens with two attached hydrogens (primary N) is 1. The molecule has 0 radical (unpaired) electrons. The zero-order valence-corrected chi connectivity index (χ0v) is 31.9. The number of hydroxylamine groups is 2. The second-order valence-corrected chi connectivity index (χ2v) is 16.9. The van der Waals surface area contributed by atoms with Crippen molar-refractivity contribution in [2.24, 2.45) is 5.73 Å². The van der Waals surface area contributed by atoms with Gasteiger partial charge in [0.05, 0.1) is 18.9 Å². The Bertz CT molecular complexity index is 2210. The summed E-state index contributed by atoms with van der Waals surface area (Å²) in [5.74, 6) is -0.608. The van der Waals surface area contributed by atoms with E-state index in [0.29, 0.717) is 13.2 Å². The van der Waals surface area contributed by atoms with Crippen molar-refractivity contribution in [3.63, 3.8) is 0 Å². The predicted molar refractivity (Wildman–Crippen MR) is 213 cm³/mol. The number of rotatable bonds is 8. The number of aryl methyl sites for hydroxylation is 1. The highest BCUT2D eigenvalue weighted by molar-refractivity contribution is 7.95. The average Bonchev–Trinajstić information content (AvgIpc) is 3.69. The number of hydrogen-bond donors (Lipinski definition) is 1. The Hall–Kier alpha value is -4.81. The van der Waals surface area contributed by atoms with Crippen molar-refractivity contribution in [3.05, 3.63) is 129 Å². The van der Waals surface area contributed by atoms with Gasteiger partial charge in [-0.25, -0.2) is 18.0 Å². The van der Waals surface area contributed by atoms with Crippen LogP contribution in [0.2, 0.25) is 0 Å². The second kappa shape index (κ2) is 16.7. The number of primary amides is 1. The fourth-order valence-corrected chi connectivity index (χ4v) is 9.65. The normalized spacial score (nSPS) is 19.2. The SMILES string of the molecule is COC(=O)N(Cc1ccc(-c2ccc(C3=Cc4ccc5c(c4CC3)CCc3ccccc3-5)s2)cc1)OC1CCCCO1.NC(=O)CC1C=CC=CS1(=O)=O. The standard InChI is InChI=1S/C36H35NO4S.C7H9NO3S/c1-39-36(38)37(41-35-8-4-5-21-40-35)23-24-9-11-26(12-10-24)33-19-20-34(42-33)28-15-16-30-27(22-28)14-18-31-29-7-3-2-6-25(29)13-17-32(30)31;8-7(9)5-6-3-1-2-4-12(6,10)11/h2-3,6-7,9-12,14,18-20,22,35H,4-5,8,13,15-17,21,23H2,1H3;1-4,6H,5H2,(H2,8,9). The second-order valence-electron chi connectivity index (χ2n) is 13.8. The molecule has 2 amide bonds. The number of carbonyl (C=O) groups excluding carboxylic acids is 2. The van der Waals surface area contributed by atoms with Crippen molar-refractivity contribution >= 4 is 44.8 Å². The molecular formula is C43H44N2O7S2. The van der Waals surface area contributed by atoms with Crippen LogP contribution in [-0.2, 0) is 54.8 Å². The summed E-state index contributed by atoms with van der Waals surface area (Å²) in [5, 5.41) is 1.57. The molecule has 8 rings (SSSR count). The lowest BCUT2D eigenvalue weighted by molar-refractivity contribution is -0.275. The van der Waals surface area contributed by atoms with E-state index in [1.54, 1.807) is 11.6 Å². The van der Waals surface area contributed by atoms with Crippen LogP contribution in [0.4, 0.5) is 4.79 Å². The van der Waals surface area contributed by atoms with Gasteiger partial charge < -0.3 is 15.2 Å². The predicted octanol–water partition coefficient (Wildman–Crippen LogP) is 8.42. The summed E-state index contributed by atoms with van der Waals surface area (Å²) in [7, 11) is -1.92. The van der Waals surface area contributed by atoms with E-state index in [-0.39, 0.29) is 6.42 Å². The first-order valence-corrected chi connectivity index (χ1v) is 20.7. The van der Waals surface area contributed by atoms with Crippen molar-refractivity contribution in [3.8, 4) is 21.6 Å². The molecule has 2 aliphatic heterocycles. The molecule has 2 aliphatic carbocycles. The molecule has 2 unspecified atom stereocenters. The molecule has 2 N–H and O–H groups in total. The molecule has 54 heavy (non-hydrogen) atoms. The van der Waals surface area contributed by atoms with Gasteiger partial charge in [-0.05, 0) is 101 Å². The lowest BCUT2D eigenvalue weighted by Crippen LogP contribution is -2.37. The van der Waals surface area contributed by atoms with Gasteiger partial charge in [-0.1, -0.05) is 85.0 Å². The summed E-state index contributed by atoms with van der Waals surface area (Å²) >= 11 is 1.84. The summed E-state index contributed by atoms with van der Waals surface area (Å²) in [6.07, 6.45) is 13.0. The van der Waals surface area contributed by atoms with E-state index in [9.17, 15) is 18.0 Å². The fourth-order valence-electron chi connectivity index (χ4n) is 7.38. The third-order valence-electron chi connectivity index (χ3n) is 10.2. The molecule has 1 aromatic heterocycles. The van der Waals surface area contributed by atoms with Crippen LogP contribution in [-0.4, -0.2) is 50.7 Å². The van der Waals surface area contributed by atoms with Crippen LogP contribution in [0.3, 0.4) is 0 Å². The fraction of sp³-hybridized carbons (Fsp3) is 0.302. The van der Waals surface area contributed by atoms with Gasteiger partial charge in [0, 0.05) is 34.6 Å². The molecule has 0 bridgehead atoms. The lowest BCUT2D eigenvalue weighted by Gasteiger charge is -2.28. The molecule has 0 saturated carbocycles. The topological polar surface area (TPSA) is 125 Å². The quantitative estimate of drug-likeness (QED) is 0.179. The van der Waals surface area contributed by atoms with Crippen LogP contribution >= 0.6 is 11.3 Å². The first-order valence-electron chi connectivity index (χ1n) is 18.3. The maximum absolute atomic E-state index is 12.3. The summed E-state index contributed by atoms with van der Waals surface area (Å²) in [6.45, 7) is 0.946. The van der Waals surface area contributed by atoms with Crippen molar-refractivity contribution < 1.29 is 32.3 Å². The minimum Gasteiger partial charge on any atom is -0.451 e. The zero-order valence-electron chi connectivity index (χ0n) is 30.2. The smallest absolute Gasteiger partial charge is 0.434 e. The van der Waals surface area contributed by atoms with Crippen LogP contribution in [0.15, 0.2) is 96.4 Å². The van der Waals surface area contributed by atoms with Crippen LogP contribution in [0.5, 0.6) is 0 Å². The first-order chi connectivity index (χ1) is 26.2. The average molecular weight is 765 g/mol. The molecule has 280 valence electrons. The number of sulfone groups is 1. The summed E-state index contributed by atoms with van der Waals surface area (Å²) in [5.41, 5.74) is 17.2. The number of fused-ring (bicyclic) bond motifs is 5. The lowest BCUT2D eigenvalue weighted by atomic mass is 9.78. The maximum Gasteiger partial charge on any atom is 0.434 e. The van der Waals surface area contributed by atoms with Crippen molar-refractivity contribution in [1.82, 2.24) is 5.06 Å². The van der Waals surface area contributed by atoms with Crippen molar-refractivity contribution in [1.29, 1.82) is 0 Å². The molecule has 4 aromatic rings. The van der Waals surface area contributed by atoms with E-state index in [0.717, 1.165) is 55.9 Å². The maximum atomic E-state index is 12.3. The minimum atomic E-state index is -3.29. The molecule has 1 saturated heterocycles. The number of amides is 2. The van der Waals surface area contributed by atoms with Gasteiger partial charge in [0.2, 0.25) is 5.91 Å². The molecule has 3 aromatic carbocycles. The molecular weight excluding hydrogens is 721 g/mol. The zero-order chi connectivity index (χ0) is 37.7. The number of carbonyl (C=O) groups is 2. The Labute approximate surface area is 320 Å². The minimum absolute atomic E-state index is 0.150. The number of ether oxygens (including phenoxy) is 2. The summed E-state index contributed by atoms with van der Waals surface area (Å²) in [4.78, 5) is 31.2. The molecule has 11 heteroatoms. The van der Waals surface area contributed by atoms with E-state index >= 15 is 0 Å². The van der Waals surface area contributed by atoms with Crippen LogP contribution in [0, 0.1) is 0 Å². The molecule has 0 spiro atoms. The van der Waals surface area contributed by atoms with Gasteiger partial charge in [-0.2, -0.15) is 5.06 Å². The van der Waals surface area contributed by atoms with Gasteiger partial charge in [0.15, 0.2) is 16.1 Å². The van der Waals surface area contributed by atoms with Crippen LogP contribution in [0.1, 0.15) is 64.8 Å². The van der Waals surface area contributed by atoms with Gasteiger partial charge in [-0.15, -0.1) is 11.3 Å². The van der Waals surface area contributed by atoms with Crippen LogP contribution in [0.25, 0.3) is 33.2 Å². The molecule has 9 nitrogen and oxygen atoms in total. The van der Waals surface area contributed by atoms with Gasteiger partial charge in [-0.3, -0.25) is 4.79 Å². The Balaban J connectivity index is 0.000000321. The molecule has 4 aliphatic rings. The number of benzene rings is 3. The molecule has 3 heterocycles. The Morgan fingerprint density at radius 3 is 2.44 bits per heavy atom. The third-order valence-corrected chi connectivity index (χ3v) is 13.1. The number of methoxy groups -OCH3 is 1. The number of nitrogens with zero attached hydrogens (tertiary/aromatic N) is 1. The van der Waals surface area contributed by atoms with Gasteiger partial charge in [0.25, 0.3) is 0 Å². The highest BCUT2D eigenvalue weighted by Crippen LogP contribution is 2.42. The summed E-state index contributed by atoms with van der Waals surface area (Å²) < 4.78 is 32.9. The largest absolute Gasteiger partial charge is 0.451 e. The molecule has 2 atom stereocenters. The van der Waals surface area contributed by atoms with E-state index < -0.39 is 33.4 Å². The monoisotopic (exact) mass is 764 g/mol. The first kappa shape index (κ1) is 37.5. The van der Waals surface area contributed by atoms with Crippen LogP contribution < -0.4 is 5.73 Å². The highest BCUT2D eigenvalue weighted by atomic mass is 32.2. The van der Waals surface area contributed by atoms with E-state index in [4.69, 9.17) is 20.0 Å². The third kappa shape index (κ3) is 8.60. The number of thiophene rings is 1. The van der Waals surface area contributed by atoms with E-state index in [1.807, 2.05) is 23.5 Å². The van der Waals surface area contributed by atoms with E-state index in [2.05, 4.69) is 66.7 Å². The summed E-state index contributed by atoms with van der Waals surface area (Å²) in [6, 6.07) is 26.3. The van der Waals surface area contributed by atoms with Gasteiger partial charge in [0.1, 0.15) is 0 Å². The van der Waals surface area contributed by atoms with E-state index in [1.165, 1.54) is 73.0 Å². The Morgan fingerprint density at radius 2 is 1.69 bits per heavy atom. The number of allylic oxidation sites excluding steroid dienone is 3. The van der Waals surface area contributed by atoms with Crippen molar-refractivity contribution in [2.45, 2.75) is 69.5 Å². The Kier molecular flexibility index (Phi) is 11.6. The van der Waals surface area contributed by atoms with Gasteiger partial charge >= 0.3 is 6.09 Å². The highest BCUT2D eigenvalue weighted by Gasteiger charge is 2.26. The van der Waals surface area contributed by atoms with Crippen molar-refractivity contribution in [2.75, 3.05) is 13.7 Å². The molecule has 1 fully saturated rings. The number of hydrogen-bond acceptors (Lipinski definition) is 8. The Morgan fingerprint density at radius 1 is 0.889 bits per heavy atom.